The van der Waals surface area contributed by atoms with Gasteiger partial charge in [-0.1, -0.05) is 13.5 Å². The van der Waals surface area contributed by atoms with Gasteiger partial charge in [0.05, 0.1) is 0 Å². The zero-order valence-electron chi connectivity index (χ0n) is 9.79. The summed E-state index contributed by atoms with van der Waals surface area (Å²) in [5.74, 6) is -0.0480. The Morgan fingerprint density at radius 2 is 1.94 bits per heavy atom. The quantitative estimate of drug-likeness (QED) is 0.703. The van der Waals surface area contributed by atoms with E-state index in [0.717, 1.165) is 25.7 Å². The number of hydrogen-bond acceptors (Lipinski definition) is 2. The van der Waals surface area contributed by atoms with E-state index in [0.29, 0.717) is 6.42 Å². The first-order valence-electron chi connectivity index (χ1n) is 5.88. The van der Waals surface area contributed by atoms with E-state index >= 15 is 0 Å². The molecule has 1 aliphatic rings. The van der Waals surface area contributed by atoms with E-state index in [1.807, 2.05) is 6.92 Å². The molecule has 0 bridgehead atoms. The molecule has 1 aliphatic carbocycles. The molecular formula is C12H20N2O2. The van der Waals surface area contributed by atoms with Gasteiger partial charge in [-0.2, -0.15) is 0 Å². The molecule has 2 unspecified atom stereocenters. The summed E-state index contributed by atoms with van der Waals surface area (Å²) >= 11 is 0. The maximum absolute atomic E-state index is 11.3. The van der Waals surface area contributed by atoms with Crippen molar-refractivity contribution >= 4 is 11.8 Å². The number of nitrogens with one attached hydrogen (secondary N) is 2. The third kappa shape index (κ3) is 4.04. The van der Waals surface area contributed by atoms with Crippen molar-refractivity contribution in [3.8, 4) is 0 Å². The van der Waals surface area contributed by atoms with Crippen LogP contribution in [0.4, 0.5) is 0 Å². The SMILES string of the molecule is C=CC(=O)NC1CCCC(NC(=O)CC)C1. The van der Waals surface area contributed by atoms with E-state index in [9.17, 15) is 9.59 Å². The number of rotatable bonds is 4. The minimum Gasteiger partial charge on any atom is -0.353 e. The Morgan fingerprint density at radius 3 is 2.50 bits per heavy atom. The van der Waals surface area contributed by atoms with Gasteiger partial charge >= 0.3 is 0 Å². The summed E-state index contributed by atoms with van der Waals surface area (Å²) in [6.45, 7) is 5.27. The van der Waals surface area contributed by atoms with Crippen molar-refractivity contribution in [2.45, 2.75) is 51.1 Å². The number of carbonyl (C=O) groups is 2. The summed E-state index contributed by atoms with van der Waals surface area (Å²) in [6, 6.07) is 0.373. The van der Waals surface area contributed by atoms with Crippen LogP contribution in [0.15, 0.2) is 12.7 Å². The van der Waals surface area contributed by atoms with Crippen LogP contribution < -0.4 is 10.6 Å². The predicted molar refractivity (Wildman–Crippen MR) is 62.8 cm³/mol. The van der Waals surface area contributed by atoms with Crippen LogP contribution in [-0.2, 0) is 9.59 Å². The second-order valence-electron chi connectivity index (χ2n) is 4.19. The Bertz CT molecular complexity index is 276. The number of amides is 2. The molecule has 1 rings (SSSR count). The fourth-order valence-electron chi connectivity index (χ4n) is 2.04. The van der Waals surface area contributed by atoms with Gasteiger partial charge in [0.25, 0.3) is 0 Å². The molecule has 1 saturated carbocycles. The molecule has 4 nitrogen and oxygen atoms in total. The highest BCUT2D eigenvalue weighted by molar-refractivity contribution is 5.87. The first-order valence-corrected chi connectivity index (χ1v) is 5.88. The first-order chi connectivity index (χ1) is 7.65. The van der Waals surface area contributed by atoms with Crippen molar-refractivity contribution in [3.63, 3.8) is 0 Å². The average molecular weight is 224 g/mol. The molecule has 16 heavy (non-hydrogen) atoms. The second-order valence-corrected chi connectivity index (χ2v) is 4.19. The van der Waals surface area contributed by atoms with Crippen molar-refractivity contribution < 1.29 is 9.59 Å². The Balaban J connectivity index is 2.37. The van der Waals surface area contributed by atoms with Crippen LogP contribution in [0.5, 0.6) is 0 Å². The summed E-state index contributed by atoms with van der Waals surface area (Å²) in [7, 11) is 0. The van der Waals surface area contributed by atoms with Crippen molar-refractivity contribution in [3.05, 3.63) is 12.7 Å². The van der Waals surface area contributed by atoms with Crippen LogP contribution in [-0.4, -0.2) is 23.9 Å². The number of carbonyl (C=O) groups excluding carboxylic acids is 2. The molecule has 1 fully saturated rings. The zero-order valence-corrected chi connectivity index (χ0v) is 9.79. The van der Waals surface area contributed by atoms with Crippen LogP contribution in [0.3, 0.4) is 0 Å². The third-order valence-corrected chi connectivity index (χ3v) is 2.89. The molecule has 90 valence electrons. The summed E-state index contributed by atoms with van der Waals surface area (Å²) < 4.78 is 0. The van der Waals surface area contributed by atoms with Gasteiger partial charge in [0.2, 0.25) is 11.8 Å². The fraction of sp³-hybridized carbons (Fsp3) is 0.667. The smallest absolute Gasteiger partial charge is 0.243 e. The summed E-state index contributed by atoms with van der Waals surface area (Å²) in [5.41, 5.74) is 0. The van der Waals surface area contributed by atoms with E-state index in [1.54, 1.807) is 0 Å². The van der Waals surface area contributed by atoms with Crippen molar-refractivity contribution in [1.82, 2.24) is 10.6 Å². The zero-order chi connectivity index (χ0) is 12.0. The van der Waals surface area contributed by atoms with E-state index < -0.39 is 0 Å². The van der Waals surface area contributed by atoms with Crippen LogP contribution in [0.25, 0.3) is 0 Å². The van der Waals surface area contributed by atoms with Crippen molar-refractivity contribution in [2.75, 3.05) is 0 Å². The van der Waals surface area contributed by atoms with E-state index in [4.69, 9.17) is 0 Å². The predicted octanol–water partition coefficient (Wildman–Crippen LogP) is 1.13. The molecule has 2 N–H and O–H groups in total. The van der Waals surface area contributed by atoms with Gasteiger partial charge in [0, 0.05) is 18.5 Å². The lowest BCUT2D eigenvalue weighted by molar-refractivity contribution is -0.121. The van der Waals surface area contributed by atoms with Crippen LogP contribution in [0.2, 0.25) is 0 Å². The van der Waals surface area contributed by atoms with Crippen molar-refractivity contribution in [2.24, 2.45) is 0 Å². The van der Waals surface area contributed by atoms with Crippen molar-refractivity contribution in [1.29, 1.82) is 0 Å². The Labute approximate surface area is 96.5 Å². The largest absolute Gasteiger partial charge is 0.353 e. The maximum atomic E-state index is 11.3. The van der Waals surface area contributed by atoms with Crippen LogP contribution in [0.1, 0.15) is 39.0 Å². The standard InChI is InChI=1S/C12H20N2O2/c1-3-11(15)13-9-6-5-7-10(8-9)14-12(16)4-2/h3,9-10H,1,4-8H2,2H3,(H,13,15)(H,14,16). The highest BCUT2D eigenvalue weighted by atomic mass is 16.2. The van der Waals surface area contributed by atoms with Gasteiger partial charge in [-0.3, -0.25) is 9.59 Å². The lowest BCUT2D eigenvalue weighted by Crippen LogP contribution is -2.45. The molecule has 0 spiro atoms. The molecule has 0 aromatic rings. The first kappa shape index (κ1) is 12.7. The van der Waals surface area contributed by atoms with Gasteiger partial charge < -0.3 is 10.6 Å². The molecule has 0 aromatic carbocycles. The van der Waals surface area contributed by atoms with Gasteiger partial charge in [-0.05, 0) is 31.8 Å². The van der Waals surface area contributed by atoms with Gasteiger partial charge in [-0.25, -0.2) is 0 Å². The Kier molecular flexibility index (Phi) is 5.02. The Morgan fingerprint density at radius 1 is 1.31 bits per heavy atom. The topological polar surface area (TPSA) is 58.2 Å². The fourth-order valence-corrected chi connectivity index (χ4v) is 2.04. The van der Waals surface area contributed by atoms with Gasteiger partial charge in [-0.15, -0.1) is 0 Å². The minimum atomic E-state index is -0.132. The third-order valence-electron chi connectivity index (χ3n) is 2.89. The Hall–Kier alpha value is -1.32. The lowest BCUT2D eigenvalue weighted by Gasteiger charge is -2.30. The minimum absolute atomic E-state index is 0.0840. The highest BCUT2D eigenvalue weighted by Gasteiger charge is 2.23. The van der Waals surface area contributed by atoms with E-state index in [2.05, 4.69) is 17.2 Å². The van der Waals surface area contributed by atoms with Crippen LogP contribution in [0, 0.1) is 0 Å². The molecule has 2 atom stereocenters. The molecule has 0 aromatic heterocycles. The molecule has 0 heterocycles. The average Bonchev–Trinajstić information content (AvgIpc) is 2.29. The maximum Gasteiger partial charge on any atom is 0.243 e. The van der Waals surface area contributed by atoms with Crippen LogP contribution >= 0.6 is 0 Å². The highest BCUT2D eigenvalue weighted by Crippen LogP contribution is 2.18. The molecular weight excluding hydrogens is 204 g/mol. The second kappa shape index (κ2) is 6.30. The lowest BCUT2D eigenvalue weighted by atomic mass is 9.91. The summed E-state index contributed by atoms with van der Waals surface area (Å²) in [4.78, 5) is 22.4. The van der Waals surface area contributed by atoms with E-state index in [-0.39, 0.29) is 23.9 Å². The van der Waals surface area contributed by atoms with E-state index in [1.165, 1.54) is 6.08 Å². The molecule has 0 aliphatic heterocycles. The molecule has 0 saturated heterocycles. The number of hydrogen-bond donors (Lipinski definition) is 2. The summed E-state index contributed by atoms with van der Waals surface area (Å²) in [5, 5.41) is 5.86. The van der Waals surface area contributed by atoms with Gasteiger partial charge in [0.1, 0.15) is 0 Å². The summed E-state index contributed by atoms with van der Waals surface area (Å²) in [6.07, 6.45) is 5.65. The monoisotopic (exact) mass is 224 g/mol. The molecule has 2 amide bonds. The molecule has 0 radical (unpaired) electrons. The normalized spacial score (nSPS) is 24.6. The molecule has 4 heteroatoms. The van der Waals surface area contributed by atoms with Gasteiger partial charge in [0.15, 0.2) is 0 Å².